The minimum Gasteiger partial charge on any atom is -0.343 e. The van der Waals surface area contributed by atoms with Crippen LogP contribution in [-0.4, -0.2) is 54.0 Å². The molecule has 1 aliphatic heterocycles. The van der Waals surface area contributed by atoms with E-state index in [9.17, 15) is 4.79 Å². The minimum absolute atomic E-state index is 0.0164. The third kappa shape index (κ3) is 4.74. The maximum absolute atomic E-state index is 12.3. The standard InChI is InChI=1S/C16H33N3O/c1-12(2)19-9-7-13(8-10-19)18(6)15(20)11-14(17)16(3,4)5/h12-14H,7-11,17H2,1-6H3. The van der Waals surface area contributed by atoms with Gasteiger partial charge in [-0.2, -0.15) is 0 Å². The van der Waals surface area contributed by atoms with Crippen LogP contribution in [0.25, 0.3) is 0 Å². The van der Waals surface area contributed by atoms with Gasteiger partial charge in [0.05, 0.1) is 0 Å². The highest BCUT2D eigenvalue weighted by molar-refractivity contribution is 5.77. The molecule has 1 fully saturated rings. The largest absolute Gasteiger partial charge is 0.343 e. The summed E-state index contributed by atoms with van der Waals surface area (Å²) in [6.07, 6.45) is 2.60. The van der Waals surface area contributed by atoms with Crippen LogP contribution in [0.4, 0.5) is 0 Å². The molecular formula is C16H33N3O. The van der Waals surface area contributed by atoms with Crippen LogP contribution >= 0.6 is 0 Å². The van der Waals surface area contributed by atoms with Crippen molar-refractivity contribution in [2.24, 2.45) is 11.1 Å². The van der Waals surface area contributed by atoms with Gasteiger partial charge >= 0.3 is 0 Å². The summed E-state index contributed by atoms with van der Waals surface area (Å²) in [4.78, 5) is 16.8. The van der Waals surface area contributed by atoms with Crippen LogP contribution < -0.4 is 5.73 Å². The monoisotopic (exact) mass is 283 g/mol. The lowest BCUT2D eigenvalue weighted by Crippen LogP contribution is -2.49. The number of hydrogen-bond acceptors (Lipinski definition) is 3. The van der Waals surface area contributed by atoms with E-state index in [0.29, 0.717) is 18.5 Å². The number of rotatable bonds is 4. The first-order valence-corrected chi connectivity index (χ1v) is 7.88. The van der Waals surface area contributed by atoms with Crippen LogP contribution in [-0.2, 0) is 4.79 Å². The molecule has 1 atom stereocenters. The van der Waals surface area contributed by atoms with Crippen molar-refractivity contribution in [1.29, 1.82) is 0 Å². The highest BCUT2D eigenvalue weighted by Gasteiger charge is 2.29. The summed E-state index contributed by atoms with van der Waals surface area (Å²) >= 11 is 0. The van der Waals surface area contributed by atoms with Crippen LogP contribution in [0.15, 0.2) is 0 Å². The lowest BCUT2D eigenvalue weighted by Gasteiger charge is -2.39. The summed E-state index contributed by atoms with van der Waals surface area (Å²) in [5.41, 5.74) is 6.11. The van der Waals surface area contributed by atoms with Gasteiger partial charge in [0.25, 0.3) is 0 Å². The molecule has 0 aliphatic carbocycles. The first-order chi connectivity index (χ1) is 9.12. The molecule has 4 nitrogen and oxygen atoms in total. The second-order valence-corrected chi connectivity index (χ2v) is 7.54. The van der Waals surface area contributed by atoms with Crippen molar-refractivity contribution < 1.29 is 4.79 Å². The number of likely N-dealkylation sites (tertiary alicyclic amines) is 1. The molecule has 20 heavy (non-hydrogen) atoms. The second kappa shape index (κ2) is 6.90. The van der Waals surface area contributed by atoms with E-state index >= 15 is 0 Å². The van der Waals surface area contributed by atoms with E-state index in [4.69, 9.17) is 5.73 Å². The zero-order valence-corrected chi connectivity index (χ0v) is 14.1. The molecule has 2 N–H and O–H groups in total. The first kappa shape index (κ1) is 17.4. The third-order valence-electron chi connectivity index (χ3n) is 4.68. The molecule has 0 saturated carbocycles. The van der Waals surface area contributed by atoms with E-state index < -0.39 is 0 Å². The highest BCUT2D eigenvalue weighted by Crippen LogP contribution is 2.22. The Labute approximate surface area is 124 Å². The predicted octanol–water partition coefficient (Wildman–Crippen LogP) is 2.08. The Balaban J connectivity index is 2.46. The third-order valence-corrected chi connectivity index (χ3v) is 4.68. The summed E-state index contributed by atoms with van der Waals surface area (Å²) < 4.78 is 0. The topological polar surface area (TPSA) is 49.6 Å². The molecule has 0 aromatic rings. The van der Waals surface area contributed by atoms with Crippen molar-refractivity contribution in [3.63, 3.8) is 0 Å². The average molecular weight is 283 g/mol. The Morgan fingerprint density at radius 1 is 1.30 bits per heavy atom. The van der Waals surface area contributed by atoms with Gasteiger partial charge in [-0.3, -0.25) is 4.79 Å². The van der Waals surface area contributed by atoms with Crippen molar-refractivity contribution >= 4 is 5.91 Å². The van der Waals surface area contributed by atoms with Gasteiger partial charge in [-0.05, 0) is 32.1 Å². The van der Waals surface area contributed by atoms with Gasteiger partial charge in [0, 0.05) is 44.7 Å². The molecule has 1 aliphatic rings. The SMILES string of the molecule is CC(C)N1CCC(N(C)C(=O)CC(N)C(C)(C)C)CC1. The molecular weight excluding hydrogens is 250 g/mol. The maximum Gasteiger partial charge on any atom is 0.224 e. The molecule has 1 amide bonds. The van der Waals surface area contributed by atoms with E-state index in [2.05, 4.69) is 39.5 Å². The van der Waals surface area contributed by atoms with Crippen molar-refractivity contribution in [3.05, 3.63) is 0 Å². The second-order valence-electron chi connectivity index (χ2n) is 7.54. The number of carbonyl (C=O) groups excluding carboxylic acids is 1. The summed E-state index contributed by atoms with van der Waals surface area (Å²) in [5, 5.41) is 0. The van der Waals surface area contributed by atoms with Gasteiger partial charge in [-0.15, -0.1) is 0 Å². The van der Waals surface area contributed by atoms with Gasteiger partial charge in [-0.1, -0.05) is 20.8 Å². The van der Waals surface area contributed by atoms with E-state index in [1.165, 1.54) is 0 Å². The Hall–Kier alpha value is -0.610. The molecule has 1 saturated heterocycles. The fourth-order valence-corrected chi connectivity index (χ4v) is 2.63. The molecule has 0 spiro atoms. The first-order valence-electron chi connectivity index (χ1n) is 7.88. The van der Waals surface area contributed by atoms with Gasteiger partial charge in [-0.25, -0.2) is 0 Å². The lowest BCUT2D eigenvalue weighted by molar-refractivity contribution is -0.133. The van der Waals surface area contributed by atoms with Gasteiger partial charge < -0.3 is 15.5 Å². The molecule has 4 heteroatoms. The number of piperidine rings is 1. The summed E-state index contributed by atoms with van der Waals surface area (Å²) in [7, 11) is 1.94. The average Bonchev–Trinajstić information content (AvgIpc) is 2.36. The smallest absolute Gasteiger partial charge is 0.224 e. The number of nitrogens with two attached hydrogens (primary N) is 1. The Morgan fingerprint density at radius 3 is 2.20 bits per heavy atom. The van der Waals surface area contributed by atoms with Crippen LogP contribution in [0.1, 0.15) is 53.9 Å². The van der Waals surface area contributed by atoms with Gasteiger partial charge in [0.1, 0.15) is 0 Å². The highest BCUT2D eigenvalue weighted by atomic mass is 16.2. The van der Waals surface area contributed by atoms with Gasteiger partial charge in [0.15, 0.2) is 0 Å². The fraction of sp³-hybridized carbons (Fsp3) is 0.938. The zero-order chi connectivity index (χ0) is 15.5. The van der Waals surface area contributed by atoms with E-state index in [1.54, 1.807) is 0 Å². The predicted molar refractivity (Wildman–Crippen MR) is 84.5 cm³/mol. The quantitative estimate of drug-likeness (QED) is 0.859. The van der Waals surface area contributed by atoms with E-state index in [0.717, 1.165) is 25.9 Å². The number of amides is 1. The van der Waals surface area contributed by atoms with Crippen LogP contribution in [0.5, 0.6) is 0 Å². The van der Waals surface area contributed by atoms with Crippen LogP contribution in [0, 0.1) is 5.41 Å². The van der Waals surface area contributed by atoms with E-state index in [-0.39, 0.29) is 17.4 Å². The van der Waals surface area contributed by atoms with Crippen LogP contribution in [0.3, 0.4) is 0 Å². The maximum atomic E-state index is 12.3. The zero-order valence-electron chi connectivity index (χ0n) is 14.1. The molecule has 118 valence electrons. The van der Waals surface area contributed by atoms with Gasteiger partial charge in [0.2, 0.25) is 5.91 Å². The molecule has 0 aromatic heterocycles. The molecule has 1 unspecified atom stereocenters. The molecule has 0 aromatic carbocycles. The Bertz CT molecular complexity index is 314. The normalized spacial score (nSPS) is 20.2. The summed E-state index contributed by atoms with van der Waals surface area (Å²) in [6, 6.07) is 0.907. The molecule has 0 bridgehead atoms. The summed E-state index contributed by atoms with van der Waals surface area (Å²) in [5.74, 6) is 0.190. The minimum atomic E-state index is -0.0757. The Morgan fingerprint density at radius 2 is 1.80 bits per heavy atom. The molecule has 0 radical (unpaired) electrons. The number of nitrogens with zero attached hydrogens (tertiary/aromatic N) is 2. The molecule has 1 rings (SSSR count). The lowest BCUT2D eigenvalue weighted by atomic mass is 9.85. The Kier molecular flexibility index (Phi) is 6.02. The van der Waals surface area contributed by atoms with Crippen molar-refractivity contribution in [2.45, 2.75) is 72.0 Å². The number of carbonyl (C=O) groups is 1. The number of hydrogen-bond donors (Lipinski definition) is 1. The molecule has 1 heterocycles. The fourth-order valence-electron chi connectivity index (χ4n) is 2.63. The van der Waals surface area contributed by atoms with Crippen molar-refractivity contribution in [2.75, 3.05) is 20.1 Å². The summed E-state index contributed by atoms with van der Waals surface area (Å²) in [6.45, 7) is 12.9. The van der Waals surface area contributed by atoms with Crippen LogP contribution in [0.2, 0.25) is 0 Å². The van der Waals surface area contributed by atoms with Crippen molar-refractivity contribution in [3.8, 4) is 0 Å². The van der Waals surface area contributed by atoms with Crippen molar-refractivity contribution in [1.82, 2.24) is 9.80 Å². The van der Waals surface area contributed by atoms with E-state index in [1.807, 2.05) is 11.9 Å².